The van der Waals surface area contributed by atoms with Gasteiger partial charge < -0.3 is 5.32 Å². The van der Waals surface area contributed by atoms with Crippen molar-refractivity contribution < 1.29 is 0 Å². The summed E-state index contributed by atoms with van der Waals surface area (Å²) in [5, 5.41) is 8.24. The molecule has 2 unspecified atom stereocenters. The molecule has 96 valence electrons. The van der Waals surface area contributed by atoms with Crippen LogP contribution in [0.2, 0.25) is 0 Å². The summed E-state index contributed by atoms with van der Waals surface area (Å²) in [5.41, 5.74) is 2.00. The van der Waals surface area contributed by atoms with Crippen LogP contribution >= 0.6 is 11.3 Å². The zero-order valence-electron chi connectivity index (χ0n) is 11.3. The maximum Gasteiger partial charge on any atom is 0.0302 e. The largest absolute Gasteiger partial charge is 0.307 e. The number of rotatable bonds is 3. The minimum absolute atomic E-state index is 0.507. The molecule has 1 aliphatic carbocycles. The van der Waals surface area contributed by atoms with Crippen LogP contribution in [-0.4, -0.2) is 6.04 Å². The number of hydrogen-bond acceptors (Lipinski definition) is 2. The first-order valence-electron chi connectivity index (χ1n) is 6.85. The molecule has 1 heterocycles. The van der Waals surface area contributed by atoms with Crippen LogP contribution in [0.3, 0.4) is 0 Å². The predicted molar refractivity (Wildman–Crippen MR) is 76.5 cm³/mol. The quantitative estimate of drug-likeness (QED) is 0.764. The average Bonchev–Trinajstić information content (AvgIpc) is 2.73. The third kappa shape index (κ3) is 3.82. The van der Waals surface area contributed by atoms with E-state index in [1.165, 1.54) is 37.7 Å². The molecule has 2 heteroatoms. The van der Waals surface area contributed by atoms with Gasteiger partial charge in [0.05, 0.1) is 0 Å². The number of thiophene rings is 1. The highest BCUT2D eigenvalue weighted by Gasteiger charge is 2.25. The fourth-order valence-electron chi connectivity index (χ4n) is 2.80. The molecule has 0 spiro atoms. The van der Waals surface area contributed by atoms with Gasteiger partial charge in [-0.25, -0.2) is 0 Å². The van der Waals surface area contributed by atoms with Crippen molar-refractivity contribution in [2.45, 2.75) is 65.0 Å². The minimum atomic E-state index is 0.507. The molecule has 1 aromatic rings. The zero-order chi connectivity index (χ0) is 12.3. The first-order valence-corrected chi connectivity index (χ1v) is 7.79. The van der Waals surface area contributed by atoms with E-state index in [-0.39, 0.29) is 0 Å². The van der Waals surface area contributed by atoms with Gasteiger partial charge in [0.1, 0.15) is 0 Å². The summed E-state index contributed by atoms with van der Waals surface area (Å²) in [6.45, 7) is 7.12. The molecule has 0 bridgehead atoms. The van der Waals surface area contributed by atoms with Gasteiger partial charge in [-0.1, -0.05) is 20.3 Å². The van der Waals surface area contributed by atoms with E-state index < -0.39 is 0 Å². The van der Waals surface area contributed by atoms with Crippen molar-refractivity contribution in [2.75, 3.05) is 0 Å². The van der Waals surface area contributed by atoms with E-state index in [1.54, 1.807) is 11.3 Å². The van der Waals surface area contributed by atoms with Gasteiger partial charge in [0.15, 0.2) is 0 Å². The van der Waals surface area contributed by atoms with Crippen LogP contribution in [0.1, 0.15) is 64.5 Å². The van der Waals surface area contributed by atoms with Crippen molar-refractivity contribution in [3.63, 3.8) is 0 Å². The van der Waals surface area contributed by atoms with E-state index in [1.807, 2.05) is 0 Å². The number of nitrogens with one attached hydrogen (secondary N) is 1. The predicted octanol–water partition coefficient (Wildman–Crippen LogP) is 4.76. The summed E-state index contributed by atoms with van der Waals surface area (Å²) >= 11 is 1.79. The van der Waals surface area contributed by atoms with Gasteiger partial charge >= 0.3 is 0 Å². The zero-order valence-corrected chi connectivity index (χ0v) is 12.1. The molecule has 0 aliphatic heterocycles. The highest BCUT2D eigenvalue weighted by Crippen LogP contribution is 2.34. The molecule has 1 saturated carbocycles. The summed E-state index contributed by atoms with van der Waals surface area (Å²) in [6.07, 6.45) is 6.81. The lowest BCUT2D eigenvalue weighted by Gasteiger charge is -2.23. The Kier molecular flexibility index (Phi) is 4.26. The Morgan fingerprint density at radius 3 is 2.88 bits per heavy atom. The molecule has 2 rings (SSSR count). The highest BCUT2D eigenvalue weighted by molar-refractivity contribution is 7.07. The van der Waals surface area contributed by atoms with Crippen molar-refractivity contribution in [1.82, 2.24) is 5.32 Å². The van der Waals surface area contributed by atoms with Gasteiger partial charge in [0.2, 0.25) is 0 Å². The van der Waals surface area contributed by atoms with Crippen molar-refractivity contribution >= 4 is 11.3 Å². The highest BCUT2D eigenvalue weighted by atomic mass is 32.1. The van der Waals surface area contributed by atoms with Crippen molar-refractivity contribution in [3.8, 4) is 0 Å². The SMILES string of the molecule is CC(NC1CCCC(C)(C)CC1)c1ccsc1. The smallest absolute Gasteiger partial charge is 0.0302 e. The van der Waals surface area contributed by atoms with Gasteiger partial charge in [0.25, 0.3) is 0 Å². The molecule has 2 atom stereocenters. The lowest BCUT2D eigenvalue weighted by molar-refractivity contribution is 0.307. The third-order valence-electron chi connectivity index (χ3n) is 4.10. The first-order chi connectivity index (χ1) is 8.07. The Bertz CT molecular complexity index is 329. The van der Waals surface area contributed by atoms with E-state index in [0.717, 1.165) is 0 Å². The molecule has 1 fully saturated rings. The Labute approximate surface area is 110 Å². The van der Waals surface area contributed by atoms with Crippen LogP contribution < -0.4 is 5.32 Å². The fourth-order valence-corrected chi connectivity index (χ4v) is 3.55. The van der Waals surface area contributed by atoms with Crippen molar-refractivity contribution in [2.24, 2.45) is 5.41 Å². The van der Waals surface area contributed by atoms with Crippen LogP contribution in [0.5, 0.6) is 0 Å². The fraction of sp³-hybridized carbons (Fsp3) is 0.733. The van der Waals surface area contributed by atoms with Gasteiger partial charge in [-0.2, -0.15) is 11.3 Å². The molecule has 1 nitrogen and oxygen atoms in total. The standard InChI is InChI=1S/C15H25NS/c1-12(13-7-10-17-11-13)16-14-5-4-8-15(2,3)9-6-14/h7,10-12,14,16H,4-6,8-9H2,1-3H3. The average molecular weight is 251 g/mol. The van der Waals surface area contributed by atoms with Crippen molar-refractivity contribution in [1.29, 1.82) is 0 Å². The topological polar surface area (TPSA) is 12.0 Å². The van der Waals surface area contributed by atoms with Crippen LogP contribution in [0.25, 0.3) is 0 Å². The molecule has 0 amide bonds. The van der Waals surface area contributed by atoms with E-state index in [4.69, 9.17) is 0 Å². The molecular formula is C15H25NS. The van der Waals surface area contributed by atoms with E-state index in [0.29, 0.717) is 17.5 Å². The Hall–Kier alpha value is -0.340. The van der Waals surface area contributed by atoms with Gasteiger partial charge in [-0.05, 0) is 60.4 Å². The molecular weight excluding hydrogens is 226 g/mol. The van der Waals surface area contributed by atoms with Crippen LogP contribution in [0.15, 0.2) is 16.8 Å². The molecule has 0 aromatic carbocycles. The van der Waals surface area contributed by atoms with Crippen LogP contribution in [-0.2, 0) is 0 Å². The summed E-state index contributed by atoms with van der Waals surface area (Å²) in [5.74, 6) is 0. The summed E-state index contributed by atoms with van der Waals surface area (Å²) in [6, 6.07) is 3.46. The normalized spacial score (nSPS) is 26.4. The molecule has 1 aromatic heterocycles. The summed E-state index contributed by atoms with van der Waals surface area (Å²) in [7, 11) is 0. The molecule has 1 N–H and O–H groups in total. The molecule has 17 heavy (non-hydrogen) atoms. The van der Waals surface area contributed by atoms with Gasteiger partial charge in [-0.3, -0.25) is 0 Å². The first kappa shape index (κ1) is 13.1. The van der Waals surface area contributed by atoms with E-state index in [9.17, 15) is 0 Å². The monoisotopic (exact) mass is 251 g/mol. The van der Waals surface area contributed by atoms with Crippen molar-refractivity contribution in [3.05, 3.63) is 22.4 Å². The van der Waals surface area contributed by atoms with Crippen LogP contribution in [0, 0.1) is 5.41 Å². The lowest BCUT2D eigenvalue weighted by Crippen LogP contribution is -2.31. The molecule has 0 saturated heterocycles. The minimum Gasteiger partial charge on any atom is -0.307 e. The van der Waals surface area contributed by atoms with Gasteiger partial charge in [0, 0.05) is 12.1 Å². The van der Waals surface area contributed by atoms with E-state index >= 15 is 0 Å². The van der Waals surface area contributed by atoms with E-state index in [2.05, 4.69) is 42.9 Å². The lowest BCUT2D eigenvalue weighted by atomic mass is 9.85. The maximum absolute atomic E-state index is 3.81. The Morgan fingerprint density at radius 1 is 1.35 bits per heavy atom. The second-order valence-corrected chi connectivity index (χ2v) is 7.02. The summed E-state index contributed by atoms with van der Waals surface area (Å²) < 4.78 is 0. The molecule has 1 aliphatic rings. The van der Waals surface area contributed by atoms with Crippen LogP contribution in [0.4, 0.5) is 0 Å². The third-order valence-corrected chi connectivity index (χ3v) is 4.81. The second-order valence-electron chi connectivity index (χ2n) is 6.24. The molecule has 0 radical (unpaired) electrons. The maximum atomic E-state index is 3.81. The number of hydrogen-bond donors (Lipinski definition) is 1. The Balaban J connectivity index is 1.87. The summed E-state index contributed by atoms with van der Waals surface area (Å²) in [4.78, 5) is 0. The second kappa shape index (κ2) is 5.53. The van der Waals surface area contributed by atoms with Gasteiger partial charge in [-0.15, -0.1) is 0 Å². The Morgan fingerprint density at radius 2 is 2.18 bits per heavy atom.